The predicted octanol–water partition coefficient (Wildman–Crippen LogP) is 4.42. The van der Waals surface area contributed by atoms with Crippen LogP contribution in [-0.2, 0) is 0 Å². The zero-order valence-corrected chi connectivity index (χ0v) is 10.8. The lowest BCUT2D eigenvalue weighted by Crippen LogP contribution is -2.10. The number of rotatable bonds is 2. The molecule has 2 aliphatic rings. The van der Waals surface area contributed by atoms with E-state index < -0.39 is 0 Å². The highest BCUT2D eigenvalue weighted by Crippen LogP contribution is 2.34. The first-order chi connectivity index (χ1) is 6.79. The van der Waals surface area contributed by atoms with E-state index in [0.717, 1.165) is 5.92 Å². The molecule has 0 aliphatic heterocycles. The first-order valence-corrected chi connectivity index (χ1v) is 6.76. The molecule has 0 saturated heterocycles. The lowest BCUT2D eigenvalue weighted by molar-refractivity contribution is 0.568. The van der Waals surface area contributed by atoms with Crippen LogP contribution < -0.4 is 0 Å². The Labute approximate surface area is 100 Å². The first kappa shape index (κ1) is 10.5. The summed E-state index contributed by atoms with van der Waals surface area (Å²) in [5.74, 6) is 0.800. The Morgan fingerprint density at radius 3 is 2.71 bits per heavy atom. The highest BCUT2D eigenvalue weighted by molar-refractivity contribution is 14.1. The zero-order valence-electron chi connectivity index (χ0n) is 8.67. The van der Waals surface area contributed by atoms with Crippen molar-refractivity contribution in [1.82, 2.24) is 0 Å². The molecule has 0 heterocycles. The topological polar surface area (TPSA) is 0 Å². The number of hydrogen-bond acceptors (Lipinski definition) is 0. The fourth-order valence-corrected chi connectivity index (χ4v) is 2.96. The maximum Gasteiger partial charge on any atom is 0.0333 e. The van der Waals surface area contributed by atoms with Crippen molar-refractivity contribution in [2.75, 3.05) is 0 Å². The molecule has 0 radical (unpaired) electrons. The summed E-state index contributed by atoms with van der Waals surface area (Å²) in [5.41, 5.74) is 3.18. The lowest BCUT2D eigenvalue weighted by Gasteiger charge is -2.24. The van der Waals surface area contributed by atoms with Gasteiger partial charge in [0.25, 0.3) is 0 Å². The lowest BCUT2D eigenvalue weighted by atomic mass is 9.83. The van der Waals surface area contributed by atoms with Crippen molar-refractivity contribution in [3.05, 3.63) is 35.5 Å². The van der Waals surface area contributed by atoms with Crippen molar-refractivity contribution in [2.24, 2.45) is 5.92 Å². The normalized spacial score (nSPS) is 30.7. The molecule has 2 unspecified atom stereocenters. The molecule has 2 aliphatic carbocycles. The number of alkyl halides is 1. The number of allylic oxidation sites excluding steroid dienone is 6. The second-order valence-corrected chi connectivity index (χ2v) is 5.84. The highest BCUT2D eigenvalue weighted by Gasteiger charge is 2.18. The number of hydrogen-bond donors (Lipinski definition) is 0. The summed E-state index contributed by atoms with van der Waals surface area (Å²) in [4.78, 5) is 0. The molecule has 0 N–H and O–H groups in total. The van der Waals surface area contributed by atoms with Gasteiger partial charge in [-0.15, -0.1) is 0 Å². The van der Waals surface area contributed by atoms with E-state index in [9.17, 15) is 0 Å². The number of halogens is 1. The van der Waals surface area contributed by atoms with Gasteiger partial charge in [-0.3, -0.25) is 0 Å². The van der Waals surface area contributed by atoms with Crippen molar-refractivity contribution in [3.8, 4) is 0 Å². The summed E-state index contributed by atoms with van der Waals surface area (Å²) < 4.78 is 0.707. The molecule has 0 aromatic rings. The first-order valence-electron chi connectivity index (χ1n) is 5.52. The summed E-state index contributed by atoms with van der Waals surface area (Å²) in [6.07, 6.45) is 14.6. The van der Waals surface area contributed by atoms with Crippen LogP contribution in [0.2, 0.25) is 0 Å². The van der Waals surface area contributed by atoms with Crippen LogP contribution in [0.4, 0.5) is 0 Å². The van der Waals surface area contributed by atoms with E-state index in [-0.39, 0.29) is 0 Å². The van der Waals surface area contributed by atoms with Gasteiger partial charge in [0.2, 0.25) is 0 Å². The van der Waals surface area contributed by atoms with Gasteiger partial charge in [-0.2, -0.15) is 0 Å². The molecule has 0 bridgehead atoms. The van der Waals surface area contributed by atoms with Gasteiger partial charge >= 0.3 is 0 Å². The van der Waals surface area contributed by atoms with E-state index in [4.69, 9.17) is 0 Å². The molecular weight excluding hydrogens is 283 g/mol. The molecule has 0 amide bonds. The summed E-state index contributed by atoms with van der Waals surface area (Å²) >= 11 is 2.51. The SMILES string of the molecule is CCCC1C=CC2=C(C=CC(I)C2)C1. The third-order valence-electron chi connectivity index (χ3n) is 3.04. The van der Waals surface area contributed by atoms with Crippen molar-refractivity contribution < 1.29 is 0 Å². The zero-order chi connectivity index (χ0) is 9.97. The van der Waals surface area contributed by atoms with Crippen LogP contribution in [0.1, 0.15) is 32.6 Å². The van der Waals surface area contributed by atoms with E-state index in [1.807, 2.05) is 0 Å². The molecule has 76 valence electrons. The van der Waals surface area contributed by atoms with Gasteiger partial charge in [0.05, 0.1) is 0 Å². The Bertz CT molecular complexity index is 296. The van der Waals surface area contributed by atoms with Crippen LogP contribution in [-0.4, -0.2) is 3.92 Å². The van der Waals surface area contributed by atoms with Gasteiger partial charge in [0.1, 0.15) is 0 Å². The van der Waals surface area contributed by atoms with Gasteiger partial charge in [-0.1, -0.05) is 60.2 Å². The average molecular weight is 300 g/mol. The fraction of sp³-hybridized carbons (Fsp3) is 0.538. The molecule has 14 heavy (non-hydrogen) atoms. The van der Waals surface area contributed by atoms with Crippen molar-refractivity contribution in [3.63, 3.8) is 0 Å². The summed E-state index contributed by atoms with van der Waals surface area (Å²) in [5, 5.41) is 0. The van der Waals surface area contributed by atoms with Crippen LogP contribution in [0.25, 0.3) is 0 Å². The van der Waals surface area contributed by atoms with E-state index >= 15 is 0 Å². The minimum atomic E-state index is 0.707. The Morgan fingerprint density at radius 2 is 1.93 bits per heavy atom. The van der Waals surface area contributed by atoms with Crippen LogP contribution >= 0.6 is 22.6 Å². The smallest absolute Gasteiger partial charge is 0.0333 e. The largest absolute Gasteiger partial charge is 0.0808 e. The van der Waals surface area contributed by atoms with Crippen LogP contribution in [0, 0.1) is 5.92 Å². The summed E-state index contributed by atoms with van der Waals surface area (Å²) in [6, 6.07) is 0. The summed E-state index contributed by atoms with van der Waals surface area (Å²) in [7, 11) is 0. The van der Waals surface area contributed by atoms with E-state index in [2.05, 4.69) is 53.8 Å². The fourth-order valence-electron chi connectivity index (χ4n) is 2.28. The van der Waals surface area contributed by atoms with Gasteiger partial charge in [0.15, 0.2) is 0 Å². The molecule has 0 aromatic heterocycles. The third-order valence-corrected chi connectivity index (χ3v) is 3.90. The Hall–Kier alpha value is -0.0500. The van der Waals surface area contributed by atoms with E-state index in [1.165, 1.54) is 25.7 Å². The Balaban J connectivity index is 2.07. The van der Waals surface area contributed by atoms with Gasteiger partial charge in [-0.25, -0.2) is 0 Å². The minimum absolute atomic E-state index is 0.707. The van der Waals surface area contributed by atoms with Crippen molar-refractivity contribution in [1.29, 1.82) is 0 Å². The van der Waals surface area contributed by atoms with Gasteiger partial charge in [0, 0.05) is 3.92 Å². The maximum absolute atomic E-state index is 2.51. The van der Waals surface area contributed by atoms with Crippen LogP contribution in [0.3, 0.4) is 0 Å². The molecule has 1 heteroatoms. The third kappa shape index (κ3) is 2.30. The van der Waals surface area contributed by atoms with Crippen LogP contribution in [0.15, 0.2) is 35.5 Å². The van der Waals surface area contributed by atoms with E-state index in [1.54, 1.807) is 11.1 Å². The minimum Gasteiger partial charge on any atom is -0.0808 e. The monoisotopic (exact) mass is 300 g/mol. The second kappa shape index (κ2) is 4.65. The van der Waals surface area contributed by atoms with Gasteiger partial charge in [-0.05, 0) is 36.3 Å². The molecule has 0 spiro atoms. The Kier molecular flexibility index (Phi) is 3.47. The second-order valence-electron chi connectivity index (χ2n) is 4.24. The van der Waals surface area contributed by atoms with Gasteiger partial charge < -0.3 is 0 Å². The average Bonchev–Trinajstić information content (AvgIpc) is 2.19. The van der Waals surface area contributed by atoms with E-state index in [0.29, 0.717) is 3.92 Å². The standard InChI is InChI=1S/C13H17I/c1-2-3-10-4-5-12-9-13(14)7-6-11(12)8-10/h4-7,10,13H,2-3,8-9H2,1H3. The van der Waals surface area contributed by atoms with Crippen molar-refractivity contribution in [2.45, 2.75) is 36.5 Å². The molecule has 0 aromatic carbocycles. The summed E-state index contributed by atoms with van der Waals surface area (Å²) in [6.45, 7) is 2.27. The highest BCUT2D eigenvalue weighted by atomic mass is 127. The molecule has 2 rings (SSSR count). The molecular formula is C13H17I. The predicted molar refractivity (Wildman–Crippen MR) is 70.7 cm³/mol. The molecule has 0 saturated carbocycles. The molecule has 2 atom stereocenters. The van der Waals surface area contributed by atoms with Crippen LogP contribution in [0.5, 0.6) is 0 Å². The van der Waals surface area contributed by atoms with Crippen molar-refractivity contribution >= 4 is 22.6 Å². The quantitative estimate of drug-likeness (QED) is 0.523. The molecule has 0 nitrogen and oxygen atoms in total. The molecule has 0 fully saturated rings. The Morgan fingerprint density at radius 1 is 1.21 bits per heavy atom. The maximum atomic E-state index is 2.51.